The third-order valence-electron chi connectivity index (χ3n) is 7.74. The van der Waals surface area contributed by atoms with Gasteiger partial charge in [-0.25, -0.2) is 0 Å². The first-order valence-corrected chi connectivity index (χ1v) is 11.3. The molecule has 0 aromatic carbocycles. The van der Waals surface area contributed by atoms with Gasteiger partial charge in [-0.05, 0) is 52.4 Å². The van der Waals surface area contributed by atoms with Gasteiger partial charge in [0.15, 0.2) is 5.41 Å². The Morgan fingerprint density at radius 1 is 0.600 bits per heavy atom. The molecular formula is C21H25F15O4. The Labute approximate surface area is 216 Å². The van der Waals surface area contributed by atoms with Gasteiger partial charge in [-0.2, -0.15) is 65.9 Å². The fraction of sp³-hybridized carbons (Fsp3) is 0.952. The zero-order valence-corrected chi connectivity index (χ0v) is 20.9. The van der Waals surface area contributed by atoms with E-state index >= 15 is 0 Å². The Morgan fingerprint density at radius 3 is 1.10 bits per heavy atom. The van der Waals surface area contributed by atoms with Crippen molar-refractivity contribution in [1.82, 2.24) is 0 Å². The number of rotatable bonds is 6. The van der Waals surface area contributed by atoms with Crippen molar-refractivity contribution in [2.24, 2.45) is 23.2 Å². The van der Waals surface area contributed by atoms with Gasteiger partial charge in [-0.15, -0.1) is 0 Å². The summed E-state index contributed by atoms with van der Waals surface area (Å²) in [5.41, 5.74) is -17.9. The second kappa shape index (κ2) is 10.3. The number of hydrogen-bond acceptors (Lipinski definition) is 4. The second-order valence-electron chi connectivity index (χ2n) is 10.5. The number of carbonyl (C=O) groups excluding carboxylic acids is 1. The van der Waals surface area contributed by atoms with Crippen LogP contribution in [-0.2, 0) is 9.53 Å². The predicted octanol–water partition coefficient (Wildman–Crippen LogP) is 7.03. The summed E-state index contributed by atoms with van der Waals surface area (Å²) in [5.74, 6) is -11.7. The van der Waals surface area contributed by atoms with Crippen molar-refractivity contribution in [2.45, 2.75) is 101 Å². The first-order valence-electron chi connectivity index (χ1n) is 11.3. The Kier molecular flexibility index (Phi) is 9.32. The Balaban J connectivity index is 3.85. The van der Waals surface area contributed by atoms with Crippen LogP contribution in [0.5, 0.6) is 0 Å². The molecule has 0 bridgehead atoms. The molecule has 0 radical (unpaired) electrons. The predicted molar refractivity (Wildman–Crippen MR) is 103 cm³/mol. The van der Waals surface area contributed by atoms with Crippen molar-refractivity contribution in [2.75, 3.05) is 0 Å². The SMILES string of the molecule is CCC(C)(C(=O)OC(C)(C)C1CC(C(O)(C(F)(F)F)C(F)(F)F)CC(C(O)(C(F)(F)F)C(F)(F)F)C1)C(F)(F)F. The first-order chi connectivity index (χ1) is 17.3. The lowest BCUT2D eigenvalue weighted by atomic mass is 9.60. The number of ether oxygens (including phenoxy) is 1. The molecule has 0 heterocycles. The number of hydrogen-bond donors (Lipinski definition) is 2. The molecule has 19 heteroatoms. The van der Waals surface area contributed by atoms with E-state index < -0.39 is 103 Å². The Morgan fingerprint density at radius 2 is 0.875 bits per heavy atom. The number of carbonyl (C=O) groups is 1. The molecule has 4 nitrogen and oxygen atoms in total. The van der Waals surface area contributed by atoms with E-state index in [2.05, 4.69) is 4.74 Å². The van der Waals surface area contributed by atoms with Gasteiger partial charge < -0.3 is 14.9 Å². The molecule has 238 valence electrons. The van der Waals surface area contributed by atoms with Gasteiger partial charge in [0.05, 0.1) is 0 Å². The van der Waals surface area contributed by atoms with Crippen LogP contribution in [0.1, 0.15) is 53.4 Å². The third kappa shape index (κ3) is 5.95. The summed E-state index contributed by atoms with van der Waals surface area (Å²) in [7, 11) is 0. The smallest absolute Gasteiger partial charge is 0.426 e. The average Bonchev–Trinajstić information content (AvgIpc) is 2.72. The molecule has 1 saturated carbocycles. The third-order valence-corrected chi connectivity index (χ3v) is 7.74. The molecular weight excluding hydrogens is 601 g/mol. The highest BCUT2D eigenvalue weighted by Gasteiger charge is 2.78. The Hall–Kier alpha value is -1.66. The normalized spacial score (nSPS) is 24.5. The minimum absolute atomic E-state index is 0.302. The van der Waals surface area contributed by atoms with Gasteiger partial charge in [0.25, 0.3) is 11.2 Å². The van der Waals surface area contributed by atoms with Crippen LogP contribution in [-0.4, -0.2) is 63.9 Å². The minimum atomic E-state index is -6.73. The van der Waals surface area contributed by atoms with Crippen molar-refractivity contribution in [3.8, 4) is 0 Å². The standard InChI is InChI=1S/C21H25F15O4/c1-5-14(4,17(22,23)24)12(37)40-13(2,3)9-6-10(15(38,18(25,26)27)19(28,29)30)8-11(7-9)16(39,20(31,32)33)21(34,35)36/h9-11,38-39H,5-8H2,1-4H3. The molecule has 0 aliphatic heterocycles. The number of esters is 1. The monoisotopic (exact) mass is 626 g/mol. The molecule has 0 saturated heterocycles. The van der Waals surface area contributed by atoms with E-state index in [1.165, 1.54) is 0 Å². The zero-order chi connectivity index (χ0) is 32.3. The summed E-state index contributed by atoms with van der Waals surface area (Å²) in [5, 5.41) is 19.6. The molecule has 1 rings (SSSR count). The van der Waals surface area contributed by atoms with Gasteiger partial charge in [0.1, 0.15) is 5.60 Å². The molecule has 0 spiro atoms. The van der Waals surface area contributed by atoms with Crippen molar-refractivity contribution < 1.29 is 85.6 Å². The van der Waals surface area contributed by atoms with E-state index in [0.29, 0.717) is 20.8 Å². The fourth-order valence-electron chi connectivity index (χ4n) is 4.71. The van der Waals surface area contributed by atoms with Gasteiger partial charge in [0, 0.05) is 11.8 Å². The summed E-state index contributed by atoms with van der Waals surface area (Å²) in [6.07, 6.45) is -39.0. The maximum Gasteiger partial charge on any atom is 0.426 e. The molecule has 2 N–H and O–H groups in total. The van der Waals surface area contributed by atoms with Crippen molar-refractivity contribution >= 4 is 5.97 Å². The van der Waals surface area contributed by atoms with Crippen molar-refractivity contribution in [1.29, 1.82) is 0 Å². The quantitative estimate of drug-likeness (QED) is 0.246. The molecule has 40 heavy (non-hydrogen) atoms. The van der Waals surface area contributed by atoms with Crippen LogP contribution in [0.2, 0.25) is 0 Å². The molecule has 0 aromatic rings. The zero-order valence-electron chi connectivity index (χ0n) is 20.9. The fourth-order valence-corrected chi connectivity index (χ4v) is 4.71. The molecule has 1 fully saturated rings. The van der Waals surface area contributed by atoms with E-state index in [9.17, 15) is 80.9 Å². The van der Waals surface area contributed by atoms with E-state index in [4.69, 9.17) is 0 Å². The molecule has 3 atom stereocenters. The number of alkyl halides is 15. The van der Waals surface area contributed by atoms with Gasteiger partial charge in [0.2, 0.25) is 0 Å². The van der Waals surface area contributed by atoms with Crippen LogP contribution in [0, 0.1) is 23.2 Å². The summed E-state index contributed by atoms with van der Waals surface area (Å²) in [4.78, 5) is 12.4. The van der Waals surface area contributed by atoms with Crippen LogP contribution in [0.4, 0.5) is 65.9 Å². The minimum Gasteiger partial charge on any atom is -0.459 e. The van der Waals surface area contributed by atoms with Crippen LogP contribution in [0.3, 0.4) is 0 Å². The summed E-state index contributed by atoms with van der Waals surface area (Å²) < 4.78 is 208. The van der Waals surface area contributed by atoms with Crippen LogP contribution in [0.15, 0.2) is 0 Å². The molecule has 3 unspecified atom stereocenters. The highest BCUT2D eigenvalue weighted by atomic mass is 19.4. The van der Waals surface area contributed by atoms with Crippen molar-refractivity contribution in [3.63, 3.8) is 0 Å². The highest BCUT2D eigenvalue weighted by Crippen LogP contribution is 2.60. The van der Waals surface area contributed by atoms with E-state index in [1.807, 2.05) is 0 Å². The van der Waals surface area contributed by atoms with Crippen LogP contribution in [0.25, 0.3) is 0 Å². The lowest BCUT2D eigenvalue weighted by Gasteiger charge is -2.51. The topological polar surface area (TPSA) is 66.8 Å². The lowest BCUT2D eigenvalue weighted by Crippen LogP contribution is -2.67. The summed E-state index contributed by atoms with van der Waals surface area (Å²) in [6, 6.07) is 0. The highest BCUT2D eigenvalue weighted by molar-refractivity contribution is 5.77. The number of aliphatic hydroxyl groups is 2. The maximum atomic E-state index is 13.6. The van der Waals surface area contributed by atoms with Gasteiger partial charge in [-0.3, -0.25) is 4.79 Å². The Bertz CT molecular complexity index is 839. The largest absolute Gasteiger partial charge is 0.459 e. The van der Waals surface area contributed by atoms with E-state index in [0.717, 1.165) is 6.92 Å². The van der Waals surface area contributed by atoms with Gasteiger partial charge in [-0.1, -0.05) is 6.92 Å². The molecule has 0 amide bonds. The first kappa shape index (κ1) is 36.4. The van der Waals surface area contributed by atoms with E-state index in [-0.39, 0.29) is 0 Å². The van der Waals surface area contributed by atoms with E-state index in [1.54, 1.807) is 0 Å². The number of halogens is 15. The molecule has 1 aliphatic carbocycles. The maximum absolute atomic E-state index is 13.6. The van der Waals surface area contributed by atoms with Gasteiger partial charge >= 0.3 is 36.9 Å². The van der Waals surface area contributed by atoms with Crippen LogP contribution >= 0.6 is 0 Å². The average molecular weight is 626 g/mol. The van der Waals surface area contributed by atoms with Crippen molar-refractivity contribution in [3.05, 3.63) is 0 Å². The van der Waals surface area contributed by atoms with Crippen LogP contribution < -0.4 is 0 Å². The molecule has 0 aromatic heterocycles. The summed E-state index contributed by atoms with van der Waals surface area (Å²) in [6.45, 7) is 2.26. The lowest BCUT2D eigenvalue weighted by molar-refractivity contribution is -0.406. The molecule has 1 aliphatic rings. The second-order valence-corrected chi connectivity index (χ2v) is 10.5. The summed E-state index contributed by atoms with van der Waals surface area (Å²) >= 11 is 0.